The highest BCUT2D eigenvalue weighted by molar-refractivity contribution is 6.16. The Balaban J connectivity index is 1.64. The van der Waals surface area contributed by atoms with Gasteiger partial charge in [-0.05, 0) is 54.4 Å². The Bertz CT molecular complexity index is 1490. The van der Waals surface area contributed by atoms with Crippen LogP contribution in [0, 0.1) is 6.92 Å². The summed E-state index contributed by atoms with van der Waals surface area (Å²) in [4.78, 5) is 22.9. The average molecular weight is 438 g/mol. The molecule has 0 unspecified atom stereocenters. The number of ether oxygens (including phenoxy) is 1. The van der Waals surface area contributed by atoms with Crippen LogP contribution in [0.4, 0.5) is 11.5 Å². The Morgan fingerprint density at radius 1 is 1.00 bits per heavy atom. The van der Waals surface area contributed by atoms with Crippen molar-refractivity contribution in [1.29, 1.82) is 0 Å². The van der Waals surface area contributed by atoms with Crippen molar-refractivity contribution in [2.75, 3.05) is 18.2 Å². The highest BCUT2D eigenvalue weighted by Crippen LogP contribution is 2.30. The summed E-state index contributed by atoms with van der Waals surface area (Å²) in [7, 11) is 1.63. The van der Waals surface area contributed by atoms with E-state index < -0.39 is 0 Å². The molecule has 1 amide bonds. The van der Waals surface area contributed by atoms with Crippen molar-refractivity contribution in [2.24, 2.45) is 0 Å². The monoisotopic (exact) mass is 437 g/mol. The number of nitrogens with zero attached hydrogens (tertiary/aromatic N) is 3. The van der Waals surface area contributed by atoms with Gasteiger partial charge in [-0.1, -0.05) is 36.4 Å². The van der Waals surface area contributed by atoms with Gasteiger partial charge in [0.05, 0.1) is 24.7 Å². The fourth-order valence-electron chi connectivity index (χ4n) is 3.93. The Morgan fingerprint density at radius 3 is 2.42 bits per heavy atom. The van der Waals surface area contributed by atoms with Crippen molar-refractivity contribution in [3.05, 3.63) is 89.5 Å². The third-order valence-electron chi connectivity index (χ3n) is 5.59. The van der Waals surface area contributed by atoms with Gasteiger partial charge in [0.15, 0.2) is 5.65 Å². The number of nitrogen functional groups attached to an aromatic ring is 1. The van der Waals surface area contributed by atoms with Gasteiger partial charge in [-0.25, -0.2) is 9.97 Å². The molecule has 0 saturated carbocycles. The average Bonchev–Trinajstić information content (AvgIpc) is 3.08. The molecule has 0 spiro atoms. The van der Waals surface area contributed by atoms with E-state index >= 15 is 0 Å². The van der Waals surface area contributed by atoms with Crippen LogP contribution in [0.25, 0.3) is 22.2 Å². The van der Waals surface area contributed by atoms with Gasteiger partial charge in [-0.3, -0.25) is 4.79 Å². The van der Waals surface area contributed by atoms with Crippen LogP contribution in [0.2, 0.25) is 0 Å². The largest absolute Gasteiger partial charge is 0.497 e. The first-order chi connectivity index (χ1) is 16.0. The number of carbonyl (C=O) groups excluding carboxylic acids is 1. The van der Waals surface area contributed by atoms with E-state index in [4.69, 9.17) is 20.4 Å². The van der Waals surface area contributed by atoms with Crippen molar-refractivity contribution >= 4 is 39.6 Å². The number of para-hydroxylation sites is 2. The number of hydrogen-bond donors (Lipinski definition) is 2. The van der Waals surface area contributed by atoms with Crippen LogP contribution in [-0.4, -0.2) is 27.6 Å². The summed E-state index contributed by atoms with van der Waals surface area (Å²) in [6.07, 6.45) is 0. The molecule has 164 valence electrons. The molecular formula is C26H23N5O2. The van der Waals surface area contributed by atoms with E-state index in [0.717, 1.165) is 22.4 Å². The standard InChI is InChI=1S/C26H23N5O2/c1-16-6-5-7-18(14-16)28-26(32)22-23-25(30-21-9-4-3-8-20(21)29-23)31(24(22)27)15-17-10-12-19(33-2)13-11-17/h3-14H,15,27H2,1-2H3,(H,28,32). The minimum absolute atomic E-state index is 0.318. The number of fused-ring (bicyclic) bond motifs is 2. The minimum atomic E-state index is -0.318. The van der Waals surface area contributed by atoms with Crippen LogP contribution in [0.3, 0.4) is 0 Å². The molecule has 7 nitrogen and oxygen atoms in total. The lowest BCUT2D eigenvalue weighted by Gasteiger charge is -2.09. The van der Waals surface area contributed by atoms with Crippen molar-refractivity contribution in [1.82, 2.24) is 14.5 Å². The van der Waals surface area contributed by atoms with Crippen molar-refractivity contribution in [3.63, 3.8) is 0 Å². The molecule has 5 rings (SSSR count). The number of nitrogens with one attached hydrogen (secondary N) is 1. The maximum Gasteiger partial charge on any atom is 0.261 e. The van der Waals surface area contributed by atoms with E-state index in [2.05, 4.69) is 5.32 Å². The molecule has 0 bridgehead atoms. The summed E-state index contributed by atoms with van der Waals surface area (Å²) in [5, 5.41) is 2.96. The number of methoxy groups -OCH3 is 1. The van der Waals surface area contributed by atoms with Crippen molar-refractivity contribution < 1.29 is 9.53 Å². The molecule has 2 aromatic heterocycles. The normalized spacial score (nSPS) is 11.1. The van der Waals surface area contributed by atoms with Crippen LogP contribution in [-0.2, 0) is 6.54 Å². The number of carbonyl (C=O) groups is 1. The van der Waals surface area contributed by atoms with E-state index in [1.165, 1.54) is 0 Å². The predicted molar refractivity (Wildman–Crippen MR) is 131 cm³/mol. The van der Waals surface area contributed by atoms with Gasteiger partial charge < -0.3 is 20.4 Å². The van der Waals surface area contributed by atoms with Crippen LogP contribution >= 0.6 is 0 Å². The second kappa shape index (κ2) is 8.27. The SMILES string of the molecule is COc1ccc(Cn2c(N)c(C(=O)Nc3cccc(C)c3)c3nc4ccccc4nc32)cc1. The fourth-order valence-corrected chi connectivity index (χ4v) is 3.93. The number of anilines is 2. The molecule has 0 saturated heterocycles. The zero-order valence-corrected chi connectivity index (χ0v) is 18.4. The number of hydrogen-bond acceptors (Lipinski definition) is 5. The Kier molecular flexibility index (Phi) is 5.14. The summed E-state index contributed by atoms with van der Waals surface area (Å²) in [5.41, 5.74) is 12.1. The number of aryl methyl sites for hydroxylation is 1. The lowest BCUT2D eigenvalue weighted by molar-refractivity contribution is 0.102. The number of amides is 1. The van der Waals surface area contributed by atoms with Gasteiger partial charge in [-0.2, -0.15) is 0 Å². The Morgan fingerprint density at radius 2 is 1.73 bits per heavy atom. The van der Waals surface area contributed by atoms with Gasteiger partial charge in [0.1, 0.15) is 22.6 Å². The van der Waals surface area contributed by atoms with Crippen molar-refractivity contribution in [3.8, 4) is 5.75 Å². The smallest absolute Gasteiger partial charge is 0.261 e. The first-order valence-electron chi connectivity index (χ1n) is 10.6. The lowest BCUT2D eigenvalue weighted by Crippen LogP contribution is -2.15. The lowest BCUT2D eigenvalue weighted by atomic mass is 10.2. The molecule has 0 radical (unpaired) electrons. The van der Waals surface area contributed by atoms with E-state index in [9.17, 15) is 4.79 Å². The number of rotatable bonds is 5. The quantitative estimate of drug-likeness (QED) is 0.412. The molecule has 5 aromatic rings. The minimum Gasteiger partial charge on any atom is -0.497 e. The fraction of sp³-hybridized carbons (Fsp3) is 0.115. The van der Waals surface area contributed by atoms with E-state index in [0.29, 0.717) is 40.3 Å². The van der Waals surface area contributed by atoms with Crippen LogP contribution in [0.15, 0.2) is 72.8 Å². The van der Waals surface area contributed by atoms with Gasteiger partial charge in [0.25, 0.3) is 5.91 Å². The predicted octanol–water partition coefficient (Wildman–Crippen LogP) is 4.78. The molecule has 3 N–H and O–H groups in total. The molecule has 0 atom stereocenters. The summed E-state index contributed by atoms with van der Waals surface area (Å²) < 4.78 is 7.09. The van der Waals surface area contributed by atoms with Gasteiger partial charge >= 0.3 is 0 Å². The van der Waals surface area contributed by atoms with Gasteiger partial charge in [0, 0.05) is 5.69 Å². The molecule has 0 aliphatic rings. The van der Waals surface area contributed by atoms with E-state index in [1.54, 1.807) is 7.11 Å². The van der Waals surface area contributed by atoms with Crippen LogP contribution in [0.1, 0.15) is 21.5 Å². The molecule has 0 aliphatic heterocycles. The molecule has 7 heteroatoms. The topological polar surface area (TPSA) is 95.1 Å². The first-order valence-corrected chi connectivity index (χ1v) is 10.6. The summed E-state index contributed by atoms with van der Waals surface area (Å²) >= 11 is 0. The van der Waals surface area contributed by atoms with Crippen LogP contribution in [0.5, 0.6) is 5.75 Å². The van der Waals surface area contributed by atoms with Gasteiger partial charge in [-0.15, -0.1) is 0 Å². The highest BCUT2D eigenvalue weighted by atomic mass is 16.5. The van der Waals surface area contributed by atoms with Crippen LogP contribution < -0.4 is 15.8 Å². The Hall–Kier alpha value is -4.39. The second-order valence-electron chi connectivity index (χ2n) is 7.90. The number of aromatic nitrogens is 3. The third kappa shape index (κ3) is 3.85. The third-order valence-corrected chi connectivity index (χ3v) is 5.59. The second-order valence-corrected chi connectivity index (χ2v) is 7.90. The zero-order valence-electron chi connectivity index (χ0n) is 18.4. The maximum atomic E-state index is 13.4. The van der Waals surface area contributed by atoms with E-state index in [1.807, 2.05) is 84.3 Å². The molecule has 0 aliphatic carbocycles. The molecular weight excluding hydrogens is 414 g/mol. The van der Waals surface area contributed by atoms with Crippen molar-refractivity contribution in [2.45, 2.75) is 13.5 Å². The zero-order chi connectivity index (χ0) is 22.9. The van der Waals surface area contributed by atoms with E-state index in [-0.39, 0.29) is 5.91 Å². The molecule has 2 heterocycles. The van der Waals surface area contributed by atoms with Gasteiger partial charge in [0.2, 0.25) is 0 Å². The summed E-state index contributed by atoms with van der Waals surface area (Å²) in [6, 6.07) is 22.9. The first kappa shape index (κ1) is 20.5. The number of benzene rings is 3. The summed E-state index contributed by atoms with van der Waals surface area (Å²) in [5.74, 6) is 0.774. The highest BCUT2D eigenvalue weighted by Gasteiger charge is 2.24. The molecule has 33 heavy (non-hydrogen) atoms. The Labute approximate surface area is 190 Å². The molecule has 3 aromatic carbocycles. The maximum absolute atomic E-state index is 13.4. The number of nitrogens with two attached hydrogens (primary N) is 1. The summed E-state index contributed by atoms with van der Waals surface area (Å²) in [6.45, 7) is 2.42. The molecule has 0 fully saturated rings.